The van der Waals surface area contributed by atoms with E-state index in [9.17, 15) is 0 Å². The highest BCUT2D eigenvalue weighted by Gasteiger charge is 2.72. The summed E-state index contributed by atoms with van der Waals surface area (Å²) in [7, 11) is 0. The van der Waals surface area contributed by atoms with E-state index < -0.39 is 30.5 Å². The average molecular weight is 715 g/mol. The van der Waals surface area contributed by atoms with Crippen LogP contribution in [0.3, 0.4) is 0 Å². The van der Waals surface area contributed by atoms with Gasteiger partial charge in [-0.25, -0.2) is 0 Å². The molecule has 8 heteroatoms. The van der Waals surface area contributed by atoms with Gasteiger partial charge in [-0.05, 0) is 55.4 Å². The molecule has 0 saturated carbocycles. The number of aryl methyl sites for hydroxylation is 2. The smallest absolute Gasteiger partial charge is 0.444 e. The van der Waals surface area contributed by atoms with E-state index in [0.717, 1.165) is 96.3 Å². The van der Waals surface area contributed by atoms with Crippen molar-refractivity contribution in [2.24, 2.45) is 5.92 Å². The molecule has 1 unspecified atom stereocenters. The fourth-order valence-corrected chi connectivity index (χ4v) is 6.67. The number of rotatable bonds is 28. The fourth-order valence-electron chi connectivity index (χ4n) is 6.67. The third kappa shape index (κ3) is 15.5. The van der Waals surface area contributed by atoms with Crippen LogP contribution in [0.5, 0.6) is 11.5 Å². The molecule has 0 aromatic heterocycles. The molecule has 0 radical (unpaired) electrons. The predicted molar refractivity (Wildman–Crippen MR) is 194 cm³/mol. The molecule has 0 heterocycles. The maximum atomic E-state index is 15.6. The molecule has 286 valence electrons. The number of halogens is 6. The average Bonchev–Trinajstić information content (AvgIpc) is 3.07. The van der Waals surface area contributed by atoms with E-state index in [-0.39, 0.29) is 17.9 Å². The zero-order valence-electron chi connectivity index (χ0n) is 31.0. The summed E-state index contributed by atoms with van der Waals surface area (Å²) in [6.45, 7) is 6.32. The van der Waals surface area contributed by atoms with Crippen LogP contribution in [-0.4, -0.2) is 18.1 Å². The summed E-state index contributed by atoms with van der Waals surface area (Å²) < 4.78 is 104. The number of ether oxygens (including phenoxy) is 2. The van der Waals surface area contributed by atoms with E-state index in [4.69, 9.17) is 9.47 Å². The summed E-state index contributed by atoms with van der Waals surface area (Å²) >= 11 is 0. The zero-order valence-corrected chi connectivity index (χ0v) is 31.0. The summed E-state index contributed by atoms with van der Waals surface area (Å²) in [6.07, 6.45) is 7.32. The lowest BCUT2D eigenvalue weighted by Crippen LogP contribution is -2.64. The van der Waals surface area contributed by atoms with Crippen molar-refractivity contribution < 1.29 is 35.8 Å². The fraction of sp³-hybridized carbons (Fsp3) is 0.714. The third-order valence-corrected chi connectivity index (χ3v) is 9.66. The highest BCUT2D eigenvalue weighted by atomic mass is 19.4. The Kier molecular flexibility index (Phi) is 21.0. The van der Waals surface area contributed by atoms with Gasteiger partial charge in [0.15, 0.2) is 0 Å². The van der Waals surface area contributed by atoms with Crippen molar-refractivity contribution in [1.29, 1.82) is 0 Å². The van der Waals surface area contributed by atoms with Gasteiger partial charge in [0.25, 0.3) is 0 Å². The van der Waals surface area contributed by atoms with E-state index in [0.29, 0.717) is 49.7 Å². The van der Waals surface area contributed by atoms with Crippen LogP contribution in [0.4, 0.5) is 26.3 Å². The number of alkyl halides is 6. The Morgan fingerprint density at radius 3 is 1.16 bits per heavy atom. The van der Waals surface area contributed by atoms with Crippen molar-refractivity contribution in [2.75, 3.05) is 0 Å². The first-order valence-electron chi connectivity index (χ1n) is 19.7. The summed E-state index contributed by atoms with van der Waals surface area (Å²) in [5.74, 6) is -7.32. The molecule has 0 aliphatic carbocycles. The van der Waals surface area contributed by atoms with Gasteiger partial charge in [-0.2, -0.15) is 26.3 Å². The lowest BCUT2D eigenvalue weighted by atomic mass is 9.89. The van der Waals surface area contributed by atoms with Gasteiger partial charge in [-0.3, -0.25) is 0 Å². The first kappa shape index (κ1) is 43.8. The molecule has 0 spiro atoms. The van der Waals surface area contributed by atoms with E-state index in [1.54, 1.807) is 24.3 Å². The van der Waals surface area contributed by atoms with Gasteiger partial charge >= 0.3 is 18.1 Å². The maximum Gasteiger partial charge on any atom is 0.468 e. The third-order valence-electron chi connectivity index (χ3n) is 9.66. The Bertz CT molecular complexity index is 1080. The van der Waals surface area contributed by atoms with Crippen molar-refractivity contribution >= 4 is 0 Å². The van der Waals surface area contributed by atoms with E-state index in [1.165, 1.54) is 24.3 Å². The second kappa shape index (κ2) is 24.0. The van der Waals surface area contributed by atoms with Gasteiger partial charge < -0.3 is 9.47 Å². The molecule has 0 saturated heterocycles. The van der Waals surface area contributed by atoms with E-state index in [2.05, 4.69) is 13.8 Å². The summed E-state index contributed by atoms with van der Waals surface area (Å²) in [5.41, 5.74) is 0.908. The lowest BCUT2D eigenvalue weighted by molar-refractivity contribution is -0.380. The SMILES string of the molecule is CCCCCCCCCc1ccccc1OC(Oc1ccccc1CCCCCCCCC)(C(CCCCCCCC)C(F)(F)F)C(F)(F)F. The normalized spacial score (nSPS) is 13.1. The molecule has 0 bridgehead atoms. The molecule has 0 N–H and O–H groups in total. The van der Waals surface area contributed by atoms with Crippen molar-refractivity contribution in [3.63, 3.8) is 0 Å². The van der Waals surface area contributed by atoms with Gasteiger partial charge in [-0.1, -0.05) is 173 Å². The molecule has 0 amide bonds. The topological polar surface area (TPSA) is 18.5 Å². The summed E-state index contributed by atoms with van der Waals surface area (Å²) in [5, 5.41) is 0. The number of para-hydroxylation sites is 2. The molecular weight excluding hydrogens is 650 g/mol. The van der Waals surface area contributed by atoms with Gasteiger partial charge in [-0.15, -0.1) is 0 Å². The van der Waals surface area contributed by atoms with Gasteiger partial charge in [0.05, 0.1) is 0 Å². The quantitative estimate of drug-likeness (QED) is 0.0496. The van der Waals surface area contributed by atoms with E-state index >= 15 is 26.3 Å². The highest BCUT2D eigenvalue weighted by molar-refractivity contribution is 5.37. The van der Waals surface area contributed by atoms with Crippen LogP contribution in [0.25, 0.3) is 0 Å². The first-order chi connectivity index (χ1) is 24.0. The second-order valence-corrected chi connectivity index (χ2v) is 14.0. The van der Waals surface area contributed by atoms with Crippen LogP contribution in [-0.2, 0) is 12.8 Å². The van der Waals surface area contributed by atoms with Crippen LogP contribution < -0.4 is 9.47 Å². The Morgan fingerprint density at radius 2 is 0.800 bits per heavy atom. The van der Waals surface area contributed by atoms with E-state index in [1.807, 2.05) is 6.92 Å². The number of unbranched alkanes of at least 4 members (excludes halogenated alkanes) is 17. The Balaban J connectivity index is 2.48. The minimum atomic E-state index is -5.51. The second-order valence-electron chi connectivity index (χ2n) is 14.0. The molecule has 0 aliphatic rings. The van der Waals surface area contributed by atoms with Gasteiger partial charge in [0.1, 0.15) is 17.4 Å². The predicted octanol–water partition coefficient (Wildman–Crippen LogP) is 14.9. The minimum absolute atomic E-state index is 0.0161. The molecule has 0 aliphatic heterocycles. The van der Waals surface area contributed by atoms with Crippen LogP contribution in [0, 0.1) is 5.92 Å². The lowest BCUT2D eigenvalue weighted by Gasteiger charge is -2.42. The van der Waals surface area contributed by atoms with Crippen LogP contribution >= 0.6 is 0 Å². The van der Waals surface area contributed by atoms with Crippen LogP contribution in [0.15, 0.2) is 48.5 Å². The molecule has 2 nitrogen and oxygen atoms in total. The number of benzene rings is 2. The summed E-state index contributed by atoms with van der Waals surface area (Å²) in [4.78, 5) is 0. The monoisotopic (exact) mass is 714 g/mol. The molecule has 2 rings (SSSR count). The van der Waals surface area contributed by atoms with Crippen molar-refractivity contribution in [3.05, 3.63) is 59.7 Å². The standard InChI is InChI=1S/C42H64F6O2/c1-4-7-10-13-16-18-21-28-35-30-24-26-32-37(35)49-40(42(46,47)48,39(41(43,44)45)34-23-20-15-12-9-6-3)50-38-33-27-25-31-36(38)29-22-19-17-14-11-8-5-2/h24-27,30-33,39H,4-23,28-29,34H2,1-3H3. The molecule has 1 atom stereocenters. The first-order valence-corrected chi connectivity index (χ1v) is 19.7. The van der Waals surface area contributed by atoms with Crippen molar-refractivity contribution in [2.45, 2.75) is 187 Å². The highest BCUT2D eigenvalue weighted by Crippen LogP contribution is 2.50. The molecule has 50 heavy (non-hydrogen) atoms. The maximum absolute atomic E-state index is 15.6. The van der Waals surface area contributed by atoms with Crippen molar-refractivity contribution in [1.82, 2.24) is 0 Å². The number of hydrogen-bond donors (Lipinski definition) is 0. The summed E-state index contributed by atoms with van der Waals surface area (Å²) in [6, 6.07) is 12.4. The Hall–Kier alpha value is -2.38. The largest absolute Gasteiger partial charge is 0.468 e. The van der Waals surface area contributed by atoms with Crippen molar-refractivity contribution in [3.8, 4) is 11.5 Å². The van der Waals surface area contributed by atoms with Crippen LogP contribution in [0.1, 0.15) is 167 Å². The molecule has 2 aromatic rings. The van der Waals surface area contributed by atoms with Gasteiger partial charge in [0, 0.05) is 0 Å². The van der Waals surface area contributed by atoms with Gasteiger partial charge in [0.2, 0.25) is 0 Å². The molecule has 0 fully saturated rings. The molecule has 2 aromatic carbocycles. The number of hydrogen-bond acceptors (Lipinski definition) is 2. The molecular formula is C42H64F6O2. The van der Waals surface area contributed by atoms with Crippen LogP contribution in [0.2, 0.25) is 0 Å². The Labute approximate surface area is 299 Å². The minimum Gasteiger partial charge on any atom is -0.444 e. The zero-order chi connectivity index (χ0) is 36.7. The Morgan fingerprint density at radius 1 is 0.460 bits per heavy atom.